The molecule has 0 atom stereocenters. The molecule has 2 aliphatic heterocycles. The van der Waals surface area contributed by atoms with Gasteiger partial charge in [0.25, 0.3) is 0 Å². The highest BCUT2D eigenvalue weighted by Crippen LogP contribution is 2.22. The standard InChI is InChI=1S/C27H37N3O3S/c1-22-8-10-23(11-9-22)21-34(32,33)30-16-12-26(13-17-30)27(31)28-19-24-6-5-7-25(18-24)20-29-14-3-2-4-15-29/h5-11,18,26H,2-4,12-17,19-21H2,1H3,(H,28,31). The van der Waals surface area contributed by atoms with E-state index in [4.69, 9.17) is 0 Å². The SMILES string of the molecule is Cc1ccc(CS(=O)(=O)N2CCC(C(=O)NCc3cccc(CN4CCCCC4)c3)CC2)cc1. The number of likely N-dealkylation sites (tertiary alicyclic amines) is 1. The first-order valence-electron chi connectivity index (χ1n) is 12.5. The molecule has 2 aromatic rings. The van der Waals surface area contributed by atoms with Crippen molar-refractivity contribution in [1.82, 2.24) is 14.5 Å². The van der Waals surface area contributed by atoms with Crippen LogP contribution in [0.3, 0.4) is 0 Å². The Kier molecular flexibility index (Phi) is 8.40. The maximum absolute atomic E-state index is 12.8. The van der Waals surface area contributed by atoms with E-state index in [1.165, 1.54) is 37.9 Å². The van der Waals surface area contributed by atoms with E-state index in [1.54, 1.807) is 4.31 Å². The van der Waals surface area contributed by atoms with Crippen molar-refractivity contribution in [3.05, 3.63) is 70.8 Å². The van der Waals surface area contributed by atoms with E-state index in [9.17, 15) is 13.2 Å². The Hall–Kier alpha value is -2.22. The number of piperidine rings is 2. The Morgan fingerprint density at radius 1 is 0.912 bits per heavy atom. The van der Waals surface area contributed by atoms with Crippen molar-refractivity contribution >= 4 is 15.9 Å². The monoisotopic (exact) mass is 483 g/mol. The number of nitrogens with one attached hydrogen (secondary N) is 1. The Balaban J connectivity index is 1.23. The molecule has 2 saturated heterocycles. The molecule has 0 spiro atoms. The van der Waals surface area contributed by atoms with Crippen molar-refractivity contribution in [2.45, 2.75) is 57.9 Å². The van der Waals surface area contributed by atoms with Crippen LogP contribution in [-0.2, 0) is 33.7 Å². The van der Waals surface area contributed by atoms with Gasteiger partial charge in [0.1, 0.15) is 0 Å². The molecule has 0 aliphatic carbocycles. The molecule has 2 aliphatic rings. The van der Waals surface area contributed by atoms with Crippen molar-refractivity contribution in [2.24, 2.45) is 5.92 Å². The number of carbonyl (C=O) groups excluding carboxylic acids is 1. The van der Waals surface area contributed by atoms with Crippen LogP contribution in [0.5, 0.6) is 0 Å². The van der Waals surface area contributed by atoms with Crippen LogP contribution in [0, 0.1) is 12.8 Å². The zero-order chi connectivity index (χ0) is 24.0. The van der Waals surface area contributed by atoms with Crippen molar-refractivity contribution in [1.29, 1.82) is 0 Å². The summed E-state index contributed by atoms with van der Waals surface area (Å²) in [6, 6.07) is 16.1. The lowest BCUT2D eigenvalue weighted by Gasteiger charge is -2.30. The molecule has 0 bridgehead atoms. The Labute approximate surface area is 204 Å². The number of benzene rings is 2. The van der Waals surface area contributed by atoms with Crippen molar-refractivity contribution in [3.63, 3.8) is 0 Å². The first-order chi connectivity index (χ1) is 16.4. The number of aryl methyl sites for hydroxylation is 1. The van der Waals surface area contributed by atoms with Crippen LogP contribution in [-0.4, -0.2) is 49.7 Å². The number of hydrogen-bond donors (Lipinski definition) is 1. The number of hydrogen-bond acceptors (Lipinski definition) is 4. The Morgan fingerprint density at radius 3 is 2.29 bits per heavy atom. The highest BCUT2D eigenvalue weighted by Gasteiger charge is 2.31. The fourth-order valence-electron chi connectivity index (χ4n) is 4.93. The third-order valence-corrected chi connectivity index (χ3v) is 8.85. The molecular formula is C27H37N3O3S. The molecule has 0 aromatic heterocycles. The third-order valence-electron chi connectivity index (χ3n) is 7.00. The largest absolute Gasteiger partial charge is 0.352 e. The average molecular weight is 484 g/mol. The quantitative estimate of drug-likeness (QED) is 0.619. The molecule has 4 rings (SSSR count). The molecule has 0 saturated carbocycles. The van der Waals surface area contributed by atoms with E-state index in [0.717, 1.165) is 23.2 Å². The minimum absolute atomic E-state index is 0.0118. The number of amides is 1. The minimum Gasteiger partial charge on any atom is -0.352 e. The molecule has 2 heterocycles. The lowest BCUT2D eigenvalue weighted by atomic mass is 9.97. The molecule has 7 heteroatoms. The van der Waals surface area contributed by atoms with Gasteiger partial charge in [-0.3, -0.25) is 9.69 Å². The van der Waals surface area contributed by atoms with Gasteiger partial charge in [0.05, 0.1) is 5.75 Å². The fourth-order valence-corrected chi connectivity index (χ4v) is 6.49. The van der Waals surface area contributed by atoms with Crippen molar-refractivity contribution in [3.8, 4) is 0 Å². The van der Waals surface area contributed by atoms with E-state index < -0.39 is 10.0 Å². The van der Waals surface area contributed by atoms with Crippen LogP contribution in [0.1, 0.15) is 54.4 Å². The molecule has 184 valence electrons. The van der Waals surface area contributed by atoms with Gasteiger partial charge in [-0.1, -0.05) is 60.5 Å². The molecule has 0 radical (unpaired) electrons. The smallest absolute Gasteiger partial charge is 0.223 e. The summed E-state index contributed by atoms with van der Waals surface area (Å²) < 4.78 is 27.2. The third kappa shape index (κ3) is 6.90. The number of rotatable bonds is 8. The summed E-state index contributed by atoms with van der Waals surface area (Å²) in [5.41, 5.74) is 4.32. The van der Waals surface area contributed by atoms with Crippen LogP contribution in [0.2, 0.25) is 0 Å². The van der Waals surface area contributed by atoms with Crippen molar-refractivity contribution < 1.29 is 13.2 Å². The van der Waals surface area contributed by atoms with Crippen molar-refractivity contribution in [2.75, 3.05) is 26.2 Å². The molecule has 0 unspecified atom stereocenters. The van der Waals surface area contributed by atoms with Gasteiger partial charge in [-0.05, 0) is 62.4 Å². The summed E-state index contributed by atoms with van der Waals surface area (Å²) >= 11 is 0. The molecular weight excluding hydrogens is 446 g/mol. The molecule has 34 heavy (non-hydrogen) atoms. The Morgan fingerprint density at radius 2 is 1.59 bits per heavy atom. The van der Waals surface area contributed by atoms with Gasteiger partial charge in [0.2, 0.25) is 15.9 Å². The summed E-state index contributed by atoms with van der Waals surface area (Å²) in [4.78, 5) is 15.3. The molecule has 2 aromatic carbocycles. The lowest BCUT2D eigenvalue weighted by molar-refractivity contribution is -0.126. The van der Waals surface area contributed by atoms with Gasteiger partial charge in [-0.2, -0.15) is 0 Å². The fraction of sp³-hybridized carbons (Fsp3) is 0.519. The van der Waals surface area contributed by atoms with Crippen LogP contribution in [0.15, 0.2) is 48.5 Å². The zero-order valence-electron chi connectivity index (χ0n) is 20.2. The van der Waals surface area contributed by atoms with Crippen LogP contribution >= 0.6 is 0 Å². The lowest BCUT2D eigenvalue weighted by Crippen LogP contribution is -2.43. The van der Waals surface area contributed by atoms with E-state index in [2.05, 4.69) is 34.5 Å². The first kappa shape index (κ1) is 24.9. The second-order valence-electron chi connectivity index (χ2n) is 9.79. The summed E-state index contributed by atoms with van der Waals surface area (Å²) in [6.45, 7) is 6.60. The van der Waals surface area contributed by atoms with Gasteiger partial charge in [0, 0.05) is 32.1 Å². The molecule has 6 nitrogen and oxygen atoms in total. The Bertz CT molecular complexity index is 1050. The van der Waals surface area contributed by atoms with E-state index in [-0.39, 0.29) is 17.6 Å². The van der Waals surface area contributed by atoms with Gasteiger partial charge < -0.3 is 5.32 Å². The summed E-state index contributed by atoms with van der Waals surface area (Å²) in [5, 5.41) is 3.08. The highest BCUT2D eigenvalue weighted by atomic mass is 32.2. The van der Waals surface area contributed by atoms with Gasteiger partial charge in [0.15, 0.2) is 0 Å². The number of nitrogens with zero attached hydrogens (tertiary/aromatic N) is 2. The normalized spacial score (nSPS) is 18.6. The minimum atomic E-state index is -3.37. The summed E-state index contributed by atoms with van der Waals surface area (Å²) in [7, 11) is -3.37. The second-order valence-corrected chi connectivity index (χ2v) is 11.8. The van der Waals surface area contributed by atoms with Gasteiger partial charge in [-0.15, -0.1) is 0 Å². The van der Waals surface area contributed by atoms with Crippen LogP contribution in [0.25, 0.3) is 0 Å². The zero-order valence-corrected chi connectivity index (χ0v) is 21.0. The molecule has 1 N–H and O–H groups in total. The topological polar surface area (TPSA) is 69.7 Å². The molecule has 1 amide bonds. The number of carbonyl (C=O) groups is 1. The van der Waals surface area contributed by atoms with E-state index >= 15 is 0 Å². The van der Waals surface area contributed by atoms with Crippen LogP contribution in [0.4, 0.5) is 0 Å². The van der Waals surface area contributed by atoms with E-state index in [0.29, 0.717) is 32.5 Å². The van der Waals surface area contributed by atoms with Crippen LogP contribution < -0.4 is 5.32 Å². The maximum Gasteiger partial charge on any atom is 0.223 e. The summed E-state index contributed by atoms with van der Waals surface area (Å²) in [6.07, 6.45) is 5.02. The second kappa shape index (κ2) is 11.5. The van der Waals surface area contributed by atoms with Gasteiger partial charge >= 0.3 is 0 Å². The highest BCUT2D eigenvalue weighted by molar-refractivity contribution is 7.88. The maximum atomic E-state index is 12.8. The number of sulfonamides is 1. The van der Waals surface area contributed by atoms with E-state index in [1.807, 2.05) is 31.2 Å². The predicted molar refractivity (Wildman–Crippen MR) is 136 cm³/mol. The first-order valence-corrected chi connectivity index (χ1v) is 14.1. The van der Waals surface area contributed by atoms with Gasteiger partial charge in [-0.25, -0.2) is 12.7 Å². The predicted octanol–water partition coefficient (Wildman–Crippen LogP) is 3.84. The summed E-state index contributed by atoms with van der Waals surface area (Å²) in [5.74, 6) is -0.0999. The molecule has 2 fully saturated rings. The average Bonchev–Trinajstić information content (AvgIpc) is 2.85.